The van der Waals surface area contributed by atoms with Gasteiger partial charge in [0.25, 0.3) is 0 Å². The van der Waals surface area contributed by atoms with Crippen LogP contribution in [-0.4, -0.2) is 22.2 Å². The Morgan fingerprint density at radius 2 is 1.50 bits per heavy atom. The van der Waals surface area contributed by atoms with E-state index in [9.17, 15) is 9.59 Å². The summed E-state index contributed by atoms with van der Waals surface area (Å²) in [4.78, 5) is 22.8. The van der Waals surface area contributed by atoms with Gasteiger partial charge in [0.2, 0.25) is 0 Å². The number of ether oxygens (including phenoxy) is 2. The van der Waals surface area contributed by atoms with Gasteiger partial charge in [0, 0.05) is 0 Å². The van der Waals surface area contributed by atoms with E-state index in [1.54, 1.807) is 0 Å². The fourth-order valence-electron chi connectivity index (χ4n) is 1.17. The smallest absolute Gasteiger partial charge is 0.380 e. The third-order valence-electron chi connectivity index (χ3n) is 1.89. The van der Waals surface area contributed by atoms with Gasteiger partial charge in [-0.2, -0.15) is 0 Å². The molecule has 82 valence electrons. The fraction of sp³-hybridized carbons (Fsp3) is 0. The first kappa shape index (κ1) is 10.0. The van der Waals surface area contributed by atoms with E-state index < -0.39 is 23.8 Å². The van der Waals surface area contributed by atoms with Crippen LogP contribution in [0.2, 0.25) is 0 Å². The molecule has 0 aliphatic carbocycles. The normalized spacial score (nSPS) is 14.6. The van der Waals surface area contributed by atoms with Gasteiger partial charge >= 0.3 is 23.8 Å². The number of carbonyl (C=O) groups is 2. The zero-order valence-corrected chi connectivity index (χ0v) is 7.84. The minimum absolute atomic E-state index is 0.118. The molecule has 2 rings (SSSR count). The van der Waals surface area contributed by atoms with Gasteiger partial charge in [-0.25, -0.2) is 9.59 Å². The molecule has 1 aromatic carbocycles. The Bertz CT molecular complexity index is 463. The lowest BCUT2D eigenvalue weighted by Gasteiger charge is -2.12. The number of aliphatic hydroxyl groups excluding tert-OH is 1. The number of rotatable bonds is 0. The molecule has 1 aliphatic heterocycles. The molecule has 0 saturated carbocycles. The van der Waals surface area contributed by atoms with Crippen molar-refractivity contribution in [2.75, 3.05) is 0 Å². The van der Waals surface area contributed by atoms with E-state index in [0.717, 1.165) is 0 Å². The van der Waals surface area contributed by atoms with Crippen molar-refractivity contribution >= 4 is 11.9 Å². The fourth-order valence-corrected chi connectivity index (χ4v) is 1.17. The van der Waals surface area contributed by atoms with Gasteiger partial charge in [-0.15, -0.1) is 0 Å². The summed E-state index contributed by atoms with van der Waals surface area (Å²) in [6.45, 7) is 0. The number of carbonyl (C=O) groups excluding carboxylic acids is 2. The van der Waals surface area contributed by atoms with E-state index in [1.165, 1.54) is 24.3 Å². The summed E-state index contributed by atoms with van der Waals surface area (Å²) in [5.74, 6) is -3.98. The third kappa shape index (κ3) is 1.68. The molecule has 6 nitrogen and oxygen atoms in total. The Kier molecular flexibility index (Phi) is 2.24. The van der Waals surface area contributed by atoms with Crippen molar-refractivity contribution in [2.45, 2.75) is 0 Å². The van der Waals surface area contributed by atoms with E-state index in [4.69, 9.17) is 10.2 Å². The molecule has 2 bridgehead atoms. The van der Waals surface area contributed by atoms with Gasteiger partial charge in [-0.1, -0.05) is 6.07 Å². The quantitative estimate of drug-likeness (QED) is 0.507. The number of benzene rings is 1. The van der Waals surface area contributed by atoms with E-state index in [0.29, 0.717) is 0 Å². The Morgan fingerprint density at radius 3 is 1.94 bits per heavy atom. The second kappa shape index (κ2) is 3.58. The van der Waals surface area contributed by atoms with Gasteiger partial charge < -0.3 is 19.7 Å². The number of esters is 2. The Hall–Kier alpha value is -2.50. The second-order valence-corrected chi connectivity index (χ2v) is 2.97. The summed E-state index contributed by atoms with van der Waals surface area (Å²) in [6.07, 6.45) is 0. The largest absolute Gasteiger partial charge is 0.476 e. The van der Waals surface area contributed by atoms with Crippen LogP contribution in [0.4, 0.5) is 0 Å². The molecule has 0 aromatic heterocycles. The summed E-state index contributed by atoms with van der Waals surface area (Å²) in [7, 11) is 0. The molecule has 0 radical (unpaired) electrons. The molecule has 6 heteroatoms. The highest BCUT2D eigenvalue weighted by Gasteiger charge is 2.24. The van der Waals surface area contributed by atoms with Crippen LogP contribution in [0.15, 0.2) is 36.2 Å². The molecule has 1 aliphatic rings. The van der Waals surface area contributed by atoms with Crippen molar-refractivity contribution in [3.8, 4) is 0 Å². The Balaban J connectivity index is 2.52. The highest BCUT2D eigenvalue weighted by Crippen LogP contribution is 2.17. The first-order valence-corrected chi connectivity index (χ1v) is 4.24. The Labute approximate surface area is 89.3 Å². The number of fused-ring (bicyclic) bond motifs is 2. The molecular formula is C10H6O6. The van der Waals surface area contributed by atoms with Crippen LogP contribution >= 0.6 is 0 Å². The lowest BCUT2D eigenvalue weighted by Crippen LogP contribution is -2.17. The first-order chi connectivity index (χ1) is 7.58. The van der Waals surface area contributed by atoms with Gasteiger partial charge in [0.1, 0.15) is 0 Å². The topological polar surface area (TPSA) is 93.1 Å². The lowest BCUT2D eigenvalue weighted by molar-refractivity contribution is 0.00496. The summed E-state index contributed by atoms with van der Waals surface area (Å²) >= 11 is 0. The second-order valence-electron chi connectivity index (χ2n) is 2.97. The average Bonchev–Trinajstić information content (AvgIpc) is 2.27. The van der Waals surface area contributed by atoms with E-state index in [-0.39, 0.29) is 11.1 Å². The van der Waals surface area contributed by atoms with E-state index in [2.05, 4.69) is 9.47 Å². The lowest BCUT2D eigenvalue weighted by atomic mass is 10.1. The van der Waals surface area contributed by atoms with Gasteiger partial charge in [-0.3, -0.25) is 0 Å². The molecule has 0 saturated heterocycles. The van der Waals surface area contributed by atoms with Crippen molar-refractivity contribution in [1.29, 1.82) is 0 Å². The van der Waals surface area contributed by atoms with E-state index in [1.807, 2.05) is 0 Å². The molecule has 1 aromatic rings. The molecule has 0 fully saturated rings. The molecule has 0 atom stereocenters. The zero-order chi connectivity index (χ0) is 11.7. The average molecular weight is 222 g/mol. The van der Waals surface area contributed by atoms with Gasteiger partial charge in [-0.05, 0) is 18.2 Å². The summed E-state index contributed by atoms with van der Waals surface area (Å²) in [5.41, 5.74) is 0.237. The summed E-state index contributed by atoms with van der Waals surface area (Å²) in [5, 5.41) is 17.4. The maximum Gasteiger partial charge on any atom is 0.380 e. The predicted octanol–water partition coefficient (Wildman–Crippen LogP) is 1.26. The number of cyclic esters (lactones) is 2. The number of hydrogen-bond donors (Lipinski definition) is 2. The molecule has 2 N–H and O–H groups in total. The monoisotopic (exact) mass is 222 g/mol. The SMILES string of the molecule is O=C1OC(=C(O)O)OC(=O)c2cccc1c2. The maximum atomic E-state index is 11.4. The minimum Gasteiger partial charge on any atom is -0.476 e. The third-order valence-corrected chi connectivity index (χ3v) is 1.89. The highest BCUT2D eigenvalue weighted by molar-refractivity contribution is 5.97. The molecule has 0 unspecified atom stereocenters. The number of aliphatic hydroxyl groups is 2. The predicted molar refractivity (Wildman–Crippen MR) is 49.6 cm³/mol. The van der Waals surface area contributed by atoms with Crippen molar-refractivity contribution in [3.63, 3.8) is 0 Å². The molecular weight excluding hydrogens is 216 g/mol. The van der Waals surface area contributed by atoms with Crippen molar-refractivity contribution in [2.24, 2.45) is 0 Å². The van der Waals surface area contributed by atoms with Crippen LogP contribution in [0.25, 0.3) is 0 Å². The molecule has 16 heavy (non-hydrogen) atoms. The highest BCUT2D eigenvalue weighted by atomic mass is 16.7. The molecule has 0 spiro atoms. The summed E-state index contributed by atoms with van der Waals surface area (Å²) < 4.78 is 8.92. The van der Waals surface area contributed by atoms with Crippen LogP contribution < -0.4 is 0 Å². The van der Waals surface area contributed by atoms with Crippen LogP contribution in [0.3, 0.4) is 0 Å². The zero-order valence-electron chi connectivity index (χ0n) is 7.84. The van der Waals surface area contributed by atoms with Gasteiger partial charge in [0.15, 0.2) is 0 Å². The number of hydrogen-bond acceptors (Lipinski definition) is 6. The van der Waals surface area contributed by atoms with Crippen LogP contribution in [-0.2, 0) is 9.47 Å². The van der Waals surface area contributed by atoms with Crippen molar-refractivity contribution in [3.05, 3.63) is 47.3 Å². The standard InChI is InChI=1S/C10H6O6/c11-7(12)10-15-8(13)5-2-1-3-6(4-5)9(14)16-10/h1-4,11-12H. The summed E-state index contributed by atoms with van der Waals surface area (Å²) in [6, 6.07) is 5.63. The van der Waals surface area contributed by atoms with Crippen molar-refractivity contribution < 1.29 is 29.3 Å². The molecule has 0 amide bonds. The maximum absolute atomic E-state index is 11.4. The first-order valence-electron chi connectivity index (χ1n) is 4.24. The molecule has 1 heterocycles. The minimum atomic E-state index is -1.37. The van der Waals surface area contributed by atoms with E-state index >= 15 is 0 Å². The van der Waals surface area contributed by atoms with Crippen LogP contribution in [0, 0.1) is 0 Å². The van der Waals surface area contributed by atoms with Crippen LogP contribution in [0.1, 0.15) is 20.7 Å². The van der Waals surface area contributed by atoms with Gasteiger partial charge in [0.05, 0.1) is 11.1 Å². The Morgan fingerprint density at radius 1 is 1.00 bits per heavy atom. The van der Waals surface area contributed by atoms with Crippen LogP contribution in [0.5, 0.6) is 0 Å². The van der Waals surface area contributed by atoms with Crippen molar-refractivity contribution in [1.82, 2.24) is 0 Å².